The zero-order valence-electron chi connectivity index (χ0n) is 11.4. The standard InChI is InChI=1S/C15H23FN2/c1-12(2)10-17-11-13-14(16)6-5-7-15(13)18-8-3-4-9-18/h5-7,12,17H,3-4,8-11H2,1-2H3. The minimum atomic E-state index is -0.0874. The number of nitrogens with one attached hydrogen (secondary N) is 1. The number of nitrogens with zero attached hydrogens (tertiary/aromatic N) is 1. The highest BCUT2D eigenvalue weighted by Gasteiger charge is 2.17. The van der Waals surface area contributed by atoms with E-state index in [9.17, 15) is 4.39 Å². The van der Waals surface area contributed by atoms with Crippen LogP contribution in [0.3, 0.4) is 0 Å². The van der Waals surface area contributed by atoms with Crippen LogP contribution < -0.4 is 10.2 Å². The first-order valence-electron chi connectivity index (χ1n) is 6.91. The lowest BCUT2D eigenvalue weighted by Gasteiger charge is -2.22. The Morgan fingerprint density at radius 3 is 2.67 bits per heavy atom. The van der Waals surface area contributed by atoms with E-state index in [1.54, 1.807) is 6.07 Å². The van der Waals surface area contributed by atoms with Crippen LogP contribution in [-0.2, 0) is 6.54 Å². The smallest absolute Gasteiger partial charge is 0.129 e. The van der Waals surface area contributed by atoms with Gasteiger partial charge in [-0.15, -0.1) is 0 Å². The lowest BCUT2D eigenvalue weighted by molar-refractivity contribution is 0.534. The minimum Gasteiger partial charge on any atom is -0.371 e. The molecule has 100 valence electrons. The maximum absolute atomic E-state index is 14.0. The molecule has 0 unspecified atom stereocenters. The topological polar surface area (TPSA) is 15.3 Å². The van der Waals surface area contributed by atoms with Crippen molar-refractivity contribution in [2.24, 2.45) is 5.92 Å². The molecule has 0 atom stereocenters. The molecule has 1 aliphatic rings. The van der Waals surface area contributed by atoms with E-state index in [0.717, 1.165) is 30.9 Å². The zero-order valence-corrected chi connectivity index (χ0v) is 11.4. The molecule has 1 aromatic rings. The molecule has 1 fully saturated rings. The molecule has 1 saturated heterocycles. The van der Waals surface area contributed by atoms with Crippen molar-refractivity contribution in [3.63, 3.8) is 0 Å². The summed E-state index contributed by atoms with van der Waals surface area (Å²) in [6.45, 7) is 7.98. The highest BCUT2D eigenvalue weighted by atomic mass is 19.1. The molecule has 0 bridgehead atoms. The van der Waals surface area contributed by atoms with Crippen molar-refractivity contribution in [1.29, 1.82) is 0 Å². The Labute approximate surface area is 109 Å². The Morgan fingerprint density at radius 1 is 1.28 bits per heavy atom. The molecule has 2 rings (SSSR count). The van der Waals surface area contributed by atoms with Crippen molar-refractivity contribution in [2.45, 2.75) is 33.2 Å². The van der Waals surface area contributed by atoms with Gasteiger partial charge in [-0.05, 0) is 37.4 Å². The average molecular weight is 250 g/mol. The number of hydrogen-bond acceptors (Lipinski definition) is 2. The van der Waals surface area contributed by atoms with Crippen molar-refractivity contribution < 1.29 is 4.39 Å². The van der Waals surface area contributed by atoms with Gasteiger partial charge in [-0.2, -0.15) is 0 Å². The van der Waals surface area contributed by atoms with Gasteiger partial charge >= 0.3 is 0 Å². The summed E-state index contributed by atoms with van der Waals surface area (Å²) in [5.74, 6) is 0.502. The lowest BCUT2D eigenvalue weighted by Crippen LogP contribution is -2.24. The number of anilines is 1. The van der Waals surface area contributed by atoms with Crippen LogP contribution in [-0.4, -0.2) is 19.6 Å². The van der Waals surface area contributed by atoms with E-state index < -0.39 is 0 Å². The van der Waals surface area contributed by atoms with Crippen LogP contribution in [0, 0.1) is 11.7 Å². The summed E-state index contributed by atoms with van der Waals surface area (Å²) in [6.07, 6.45) is 2.44. The Bertz CT molecular complexity index is 384. The fourth-order valence-electron chi connectivity index (χ4n) is 2.46. The first-order chi connectivity index (χ1) is 8.68. The molecule has 18 heavy (non-hydrogen) atoms. The monoisotopic (exact) mass is 250 g/mol. The Hall–Kier alpha value is -1.09. The summed E-state index contributed by atoms with van der Waals surface area (Å²) in [5, 5.41) is 3.34. The van der Waals surface area contributed by atoms with E-state index in [0.29, 0.717) is 12.5 Å². The quantitative estimate of drug-likeness (QED) is 0.863. The predicted octanol–water partition coefficient (Wildman–Crippen LogP) is 3.17. The molecule has 1 heterocycles. The molecule has 0 saturated carbocycles. The molecule has 0 radical (unpaired) electrons. The maximum Gasteiger partial charge on any atom is 0.129 e. The number of halogens is 1. The summed E-state index contributed by atoms with van der Waals surface area (Å²) < 4.78 is 14.0. The molecule has 1 aromatic carbocycles. The van der Waals surface area contributed by atoms with Crippen molar-refractivity contribution in [2.75, 3.05) is 24.5 Å². The fourth-order valence-corrected chi connectivity index (χ4v) is 2.46. The third-order valence-electron chi connectivity index (χ3n) is 3.40. The minimum absolute atomic E-state index is 0.0874. The highest BCUT2D eigenvalue weighted by molar-refractivity contribution is 5.54. The van der Waals surface area contributed by atoms with Gasteiger partial charge in [0.2, 0.25) is 0 Å². The van der Waals surface area contributed by atoms with E-state index in [-0.39, 0.29) is 5.82 Å². The van der Waals surface area contributed by atoms with Crippen LogP contribution in [0.4, 0.5) is 10.1 Å². The van der Waals surface area contributed by atoms with Gasteiger partial charge in [0.25, 0.3) is 0 Å². The average Bonchev–Trinajstić information content (AvgIpc) is 2.84. The second-order valence-corrected chi connectivity index (χ2v) is 5.46. The van der Waals surface area contributed by atoms with E-state index in [2.05, 4.69) is 24.1 Å². The van der Waals surface area contributed by atoms with Gasteiger partial charge in [-0.1, -0.05) is 19.9 Å². The third-order valence-corrected chi connectivity index (χ3v) is 3.40. The largest absolute Gasteiger partial charge is 0.371 e. The molecule has 1 aliphatic heterocycles. The molecule has 0 aromatic heterocycles. The van der Waals surface area contributed by atoms with Crippen molar-refractivity contribution in [1.82, 2.24) is 5.32 Å². The van der Waals surface area contributed by atoms with E-state index in [1.807, 2.05) is 12.1 Å². The zero-order chi connectivity index (χ0) is 13.0. The summed E-state index contributed by atoms with van der Waals surface area (Å²) in [5.41, 5.74) is 1.89. The Kier molecular flexibility index (Phi) is 4.59. The van der Waals surface area contributed by atoms with E-state index >= 15 is 0 Å². The molecule has 2 nitrogen and oxygen atoms in total. The van der Waals surface area contributed by atoms with Crippen LogP contribution in [0.25, 0.3) is 0 Å². The fraction of sp³-hybridized carbons (Fsp3) is 0.600. The number of hydrogen-bond donors (Lipinski definition) is 1. The molecular formula is C15H23FN2. The van der Waals surface area contributed by atoms with Crippen LogP contribution in [0.15, 0.2) is 18.2 Å². The normalized spacial score (nSPS) is 15.7. The molecular weight excluding hydrogens is 227 g/mol. The summed E-state index contributed by atoms with van der Waals surface area (Å²) in [6, 6.07) is 5.42. The number of rotatable bonds is 5. The first kappa shape index (κ1) is 13.3. The van der Waals surface area contributed by atoms with Crippen molar-refractivity contribution in [3.8, 4) is 0 Å². The predicted molar refractivity (Wildman–Crippen MR) is 74.4 cm³/mol. The lowest BCUT2D eigenvalue weighted by atomic mass is 10.1. The van der Waals surface area contributed by atoms with Gasteiger partial charge < -0.3 is 10.2 Å². The highest BCUT2D eigenvalue weighted by Crippen LogP contribution is 2.26. The van der Waals surface area contributed by atoms with E-state index in [4.69, 9.17) is 0 Å². The van der Waals surface area contributed by atoms with Gasteiger partial charge in [-0.3, -0.25) is 0 Å². The van der Waals surface area contributed by atoms with Crippen molar-refractivity contribution in [3.05, 3.63) is 29.6 Å². The summed E-state index contributed by atoms with van der Waals surface area (Å²) in [4.78, 5) is 2.30. The van der Waals surface area contributed by atoms with Gasteiger partial charge in [0, 0.05) is 30.9 Å². The second kappa shape index (κ2) is 6.19. The SMILES string of the molecule is CC(C)CNCc1c(F)cccc1N1CCCC1. The Balaban J connectivity index is 2.10. The van der Waals surface area contributed by atoms with Crippen LogP contribution in [0.1, 0.15) is 32.3 Å². The van der Waals surface area contributed by atoms with Gasteiger partial charge in [0.05, 0.1) is 0 Å². The molecule has 0 aliphatic carbocycles. The van der Waals surface area contributed by atoms with Crippen molar-refractivity contribution >= 4 is 5.69 Å². The molecule has 3 heteroatoms. The van der Waals surface area contributed by atoms with E-state index in [1.165, 1.54) is 12.8 Å². The molecule has 1 N–H and O–H groups in total. The van der Waals surface area contributed by atoms with Crippen LogP contribution in [0.5, 0.6) is 0 Å². The first-order valence-corrected chi connectivity index (χ1v) is 6.91. The van der Waals surface area contributed by atoms with Gasteiger partial charge in [0.15, 0.2) is 0 Å². The Morgan fingerprint density at radius 2 is 2.00 bits per heavy atom. The summed E-state index contributed by atoms with van der Waals surface area (Å²) in [7, 11) is 0. The molecule has 0 amide bonds. The van der Waals surface area contributed by atoms with Gasteiger partial charge in [-0.25, -0.2) is 4.39 Å². The van der Waals surface area contributed by atoms with Crippen LogP contribution in [0.2, 0.25) is 0 Å². The summed E-state index contributed by atoms with van der Waals surface area (Å²) >= 11 is 0. The van der Waals surface area contributed by atoms with Gasteiger partial charge in [0.1, 0.15) is 5.82 Å². The third kappa shape index (κ3) is 3.22. The number of benzene rings is 1. The second-order valence-electron chi connectivity index (χ2n) is 5.46. The maximum atomic E-state index is 14.0. The molecule has 0 spiro atoms. The van der Waals surface area contributed by atoms with Crippen LogP contribution >= 0.6 is 0 Å².